The Morgan fingerprint density at radius 2 is 2.24 bits per heavy atom. The molecule has 0 saturated carbocycles. The number of piperidine rings is 1. The number of hydrogen-bond acceptors (Lipinski definition) is 6. The van der Waals surface area contributed by atoms with E-state index in [1.165, 1.54) is 17.4 Å². The van der Waals surface area contributed by atoms with Gasteiger partial charge in [0.2, 0.25) is 5.91 Å². The molecule has 1 aliphatic heterocycles. The first-order valence-corrected chi connectivity index (χ1v) is 11.4. The Balaban J connectivity index is 1.26. The second-order valence-corrected chi connectivity index (χ2v) is 9.39. The summed E-state index contributed by atoms with van der Waals surface area (Å²) in [6.45, 7) is 3.75. The topological polar surface area (TPSA) is 75.4 Å². The Morgan fingerprint density at radius 3 is 3.00 bits per heavy atom. The van der Waals surface area contributed by atoms with E-state index in [1.807, 2.05) is 6.92 Å². The normalized spacial score (nSPS) is 16.7. The van der Waals surface area contributed by atoms with Crippen LogP contribution in [0.2, 0.25) is 0 Å². The fraction of sp³-hybridized carbons (Fsp3) is 0.381. The van der Waals surface area contributed by atoms with E-state index < -0.39 is 0 Å². The van der Waals surface area contributed by atoms with Crippen molar-refractivity contribution >= 4 is 34.5 Å². The molecule has 1 saturated heterocycles. The number of likely N-dealkylation sites (tertiary alicyclic amines) is 1. The van der Waals surface area contributed by atoms with Gasteiger partial charge in [-0.2, -0.15) is 0 Å². The van der Waals surface area contributed by atoms with E-state index in [0.717, 1.165) is 34.8 Å². The average Bonchev–Trinajstić information content (AvgIpc) is 3.49. The number of hydrogen-bond donors (Lipinski definition) is 1. The van der Waals surface area contributed by atoms with Crippen LogP contribution < -0.4 is 5.32 Å². The Kier molecular flexibility index (Phi) is 6.10. The minimum Gasteiger partial charge on any atom is -0.472 e. The highest BCUT2D eigenvalue weighted by molar-refractivity contribution is 7.16. The fourth-order valence-corrected chi connectivity index (χ4v) is 5.18. The molecule has 152 valence electrons. The number of rotatable bonds is 6. The zero-order valence-electron chi connectivity index (χ0n) is 16.2. The van der Waals surface area contributed by atoms with Crippen LogP contribution in [0.25, 0.3) is 10.6 Å². The van der Waals surface area contributed by atoms with Crippen LogP contribution in [-0.4, -0.2) is 41.3 Å². The van der Waals surface area contributed by atoms with Gasteiger partial charge in [0.1, 0.15) is 6.26 Å². The summed E-state index contributed by atoms with van der Waals surface area (Å²) in [5.41, 5.74) is 1.56. The quantitative estimate of drug-likeness (QED) is 0.643. The molecule has 0 radical (unpaired) electrons. The molecule has 0 unspecified atom stereocenters. The smallest absolute Gasteiger partial charge is 0.257 e. The van der Waals surface area contributed by atoms with Gasteiger partial charge < -0.3 is 14.6 Å². The number of amides is 2. The second-order valence-electron chi connectivity index (χ2n) is 7.16. The SMILES string of the molecule is Cc1nc(-c2ccc(CCNC(=O)[C@H]3CCCN(C(=O)c4ccoc4)C3)s2)cs1. The van der Waals surface area contributed by atoms with Crippen LogP contribution in [-0.2, 0) is 11.2 Å². The van der Waals surface area contributed by atoms with Crippen LogP contribution in [0.3, 0.4) is 0 Å². The number of aryl methyl sites for hydroxylation is 1. The van der Waals surface area contributed by atoms with Gasteiger partial charge in [-0.3, -0.25) is 9.59 Å². The molecule has 1 aliphatic rings. The zero-order valence-corrected chi connectivity index (χ0v) is 17.9. The molecule has 0 spiro atoms. The van der Waals surface area contributed by atoms with E-state index in [9.17, 15) is 9.59 Å². The van der Waals surface area contributed by atoms with Crippen molar-refractivity contribution in [3.63, 3.8) is 0 Å². The number of carbonyl (C=O) groups excluding carboxylic acids is 2. The summed E-state index contributed by atoms with van der Waals surface area (Å²) in [5, 5.41) is 6.19. The molecule has 1 N–H and O–H groups in total. The average molecular weight is 430 g/mol. The third-order valence-electron chi connectivity index (χ3n) is 5.05. The monoisotopic (exact) mass is 429 g/mol. The van der Waals surface area contributed by atoms with Gasteiger partial charge in [0.05, 0.1) is 33.3 Å². The van der Waals surface area contributed by atoms with Gasteiger partial charge in [-0.05, 0) is 44.4 Å². The summed E-state index contributed by atoms with van der Waals surface area (Å²) < 4.78 is 5.00. The Morgan fingerprint density at radius 1 is 1.34 bits per heavy atom. The van der Waals surface area contributed by atoms with Gasteiger partial charge >= 0.3 is 0 Å². The van der Waals surface area contributed by atoms with E-state index in [0.29, 0.717) is 25.2 Å². The lowest BCUT2D eigenvalue weighted by Crippen LogP contribution is -2.45. The molecule has 8 heteroatoms. The molecule has 0 bridgehead atoms. The van der Waals surface area contributed by atoms with Crippen molar-refractivity contribution < 1.29 is 14.0 Å². The van der Waals surface area contributed by atoms with Crippen LogP contribution in [0.1, 0.15) is 33.1 Å². The van der Waals surface area contributed by atoms with Crippen LogP contribution in [0.4, 0.5) is 0 Å². The van der Waals surface area contributed by atoms with Gasteiger partial charge in [0.25, 0.3) is 5.91 Å². The first-order chi connectivity index (χ1) is 14.1. The molecule has 2 amide bonds. The van der Waals surface area contributed by atoms with E-state index in [4.69, 9.17) is 4.42 Å². The number of furan rings is 1. The van der Waals surface area contributed by atoms with Gasteiger partial charge in [-0.15, -0.1) is 22.7 Å². The van der Waals surface area contributed by atoms with Crippen molar-refractivity contribution in [2.75, 3.05) is 19.6 Å². The summed E-state index contributed by atoms with van der Waals surface area (Å²) in [7, 11) is 0. The number of aromatic nitrogens is 1. The highest BCUT2D eigenvalue weighted by Gasteiger charge is 2.29. The minimum atomic E-state index is -0.156. The molecular weight excluding hydrogens is 406 g/mol. The lowest BCUT2D eigenvalue weighted by molar-refractivity contribution is -0.126. The van der Waals surface area contributed by atoms with Crippen molar-refractivity contribution in [1.82, 2.24) is 15.2 Å². The van der Waals surface area contributed by atoms with E-state index in [-0.39, 0.29) is 17.7 Å². The van der Waals surface area contributed by atoms with E-state index in [1.54, 1.807) is 33.6 Å². The third-order valence-corrected chi connectivity index (χ3v) is 6.99. The number of thiazole rings is 1. The van der Waals surface area contributed by atoms with E-state index in [2.05, 4.69) is 27.8 Å². The first-order valence-electron chi connectivity index (χ1n) is 9.70. The molecule has 4 rings (SSSR count). The molecule has 4 heterocycles. The van der Waals surface area contributed by atoms with Crippen LogP contribution in [0.5, 0.6) is 0 Å². The molecular formula is C21H23N3O3S2. The lowest BCUT2D eigenvalue weighted by atomic mass is 9.96. The van der Waals surface area contributed by atoms with Crippen molar-refractivity contribution in [3.8, 4) is 10.6 Å². The maximum Gasteiger partial charge on any atom is 0.257 e. The van der Waals surface area contributed by atoms with Crippen LogP contribution >= 0.6 is 22.7 Å². The minimum absolute atomic E-state index is 0.0293. The van der Waals surface area contributed by atoms with Crippen molar-refractivity contribution in [1.29, 1.82) is 0 Å². The van der Waals surface area contributed by atoms with Crippen LogP contribution in [0.15, 0.2) is 40.5 Å². The first kappa shape index (κ1) is 19.8. The van der Waals surface area contributed by atoms with Gasteiger partial charge in [-0.1, -0.05) is 0 Å². The second kappa shape index (κ2) is 8.92. The maximum atomic E-state index is 12.6. The lowest BCUT2D eigenvalue weighted by Gasteiger charge is -2.31. The molecule has 6 nitrogen and oxygen atoms in total. The van der Waals surface area contributed by atoms with Gasteiger partial charge in [0.15, 0.2) is 0 Å². The largest absolute Gasteiger partial charge is 0.472 e. The Labute approximate surface area is 177 Å². The van der Waals surface area contributed by atoms with Crippen molar-refractivity contribution in [3.05, 3.63) is 51.6 Å². The Bertz CT molecular complexity index is 977. The number of thiophene rings is 1. The van der Waals surface area contributed by atoms with E-state index >= 15 is 0 Å². The van der Waals surface area contributed by atoms with Crippen molar-refractivity contribution in [2.24, 2.45) is 5.92 Å². The predicted octanol–water partition coefficient (Wildman–Crippen LogP) is 3.98. The number of nitrogens with one attached hydrogen (secondary N) is 1. The summed E-state index contributed by atoms with van der Waals surface area (Å²) >= 11 is 3.37. The summed E-state index contributed by atoms with van der Waals surface area (Å²) in [4.78, 5) is 33.7. The standard InChI is InChI=1S/C21H23N3O3S2/c1-14-23-18(13-28-14)19-5-4-17(29-19)6-8-22-20(25)15-3-2-9-24(11-15)21(26)16-7-10-27-12-16/h4-5,7,10,12-13,15H,2-3,6,8-9,11H2,1H3,(H,22,25)/t15-/m0/s1. The predicted molar refractivity (Wildman–Crippen MR) is 114 cm³/mol. The van der Waals surface area contributed by atoms with Crippen molar-refractivity contribution in [2.45, 2.75) is 26.2 Å². The molecule has 3 aromatic rings. The highest BCUT2D eigenvalue weighted by atomic mass is 32.1. The number of carbonyl (C=O) groups is 2. The summed E-state index contributed by atoms with van der Waals surface area (Å²) in [5.74, 6) is -0.197. The van der Waals surface area contributed by atoms with Gasteiger partial charge in [0, 0.05) is 29.9 Å². The molecule has 0 aliphatic carbocycles. The molecule has 0 aromatic carbocycles. The molecule has 29 heavy (non-hydrogen) atoms. The van der Waals surface area contributed by atoms with Gasteiger partial charge in [-0.25, -0.2) is 4.98 Å². The fourth-order valence-electron chi connectivity index (χ4n) is 3.52. The third kappa shape index (κ3) is 4.76. The highest BCUT2D eigenvalue weighted by Crippen LogP contribution is 2.29. The Hall–Kier alpha value is -2.45. The maximum absolute atomic E-state index is 12.6. The summed E-state index contributed by atoms with van der Waals surface area (Å²) in [6, 6.07) is 5.86. The molecule has 3 aromatic heterocycles. The molecule has 1 fully saturated rings. The van der Waals surface area contributed by atoms with Crippen LogP contribution in [0, 0.1) is 12.8 Å². The molecule has 1 atom stereocenters. The zero-order chi connectivity index (χ0) is 20.2. The number of nitrogens with zero attached hydrogens (tertiary/aromatic N) is 2. The summed E-state index contributed by atoms with van der Waals surface area (Å²) in [6.07, 6.45) is 5.39.